The molecule has 2 heterocycles. The molecule has 0 aromatic heterocycles. The highest BCUT2D eigenvalue weighted by Crippen LogP contribution is 2.40. The summed E-state index contributed by atoms with van der Waals surface area (Å²) in [6.07, 6.45) is 1.89. The lowest BCUT2D eigenvalue weighted by Gasteiger charge is -2.39. The minimum absolute atomic E-state index is 0.0455. The van der Waals surface area contributed by atoms with Crippen LogP contribution >= 0.6 is 0 Å². The number of fused-ring (bicyclic) bond motifs is 1. The highest BCUT2D eigenvalue weighted by atomic mass is 16.7. The number of methoxy groups -OCH3 is 1. The topological polar surface area (TPSA) is 64.6 Å². The first kappa shape index (κ1) is 21.3. The molecule has 0 bridgehead atoms. The quantitative estimate of drug-likeness (QED) is 0.567. The molecule has 2 aliphatic heterocycles. The molecule has 2 aromatic rings. The monoisotopic (exact) mass is 425 g/mol. The Morgan fingerprint density at radius 1 is 1.10 bits per heavy atom. The van der Waals surface area contributed by atoms with Crippen LogP contribution in [0.1, 0.15) is 24.0 Å². The molecule has 1 fully saturated rings. The lowest BCUT2D eigenvalue weighted by atomic mass is 9.74. The second-order valence-electron chi connectivity index (χ2n) is 8.07. The lowest BCUT2D eigenvalue weighted by molar-refractivity contribution is 0.0511. The standard InChI is InChI=1S/C24H31N3O4/c1-25-23(27(2)15-18-4-7-20(28-3)8-5-18)26-16-24(10-12-29-13-11-24)19-6-9-21-22(14-19)31-17-30-21/h4-9,14H,10-13,15-17H2,1-3H3,(H,25,26). The van der Waals surface area contributed by atoms with Crippen LogP contribution in [0, 0.1) is 0 Å². The lowest BCUT2D eigenvalue weighted by Crippen LogP contribution is -2.48. The summed E-state index contributed by atoms with van der Waals surface area (Å²) < 4.78 is 22.1. The van der Waals surface area contributed by atoms with E-state index >= 15 is 0 Å². The van der Waals surface area contributed by atoms with Gasteiger partial charge in [-0.05, 0) is 48.2 Å². The molecule has 0 radical (unpaired) electrons. The van der Waals surface area contributed by atoms with Crippen LogP contribution in [0.5, 0.6) is 17.2 Å². The van der Waals surface area contributed by atoms with Crippen molar-refractivity contribution in [2.45, 2.75) is 24.8 Å². The van der Waals surface area contributed by atoms with E-state index in [1.807, 2.05) is 25.2 Å². The maximum atomic E-state index is 5.68. The first-order valence-electron chi connectivity index (χ1n) is 10.7. The molecular formula is C24H31N3O4. The third-order valence-corrected chi connectivity index (χ3v) is 6.17. The van der Waals surface area contributed by atoms with Gasteiger partial charge in [-0.1, -0.05) is 18.2 Å². The number of aliphatic imine (C=N–C) groups is 1. The molecule has 2 aliphatic rings. The summed E-state index contributed by atoms with van der Waals surface area (Å²) in [5.41, 5.74) is 2.40. The third-order valence-electron chi connectivity index (χ3n) is 6.17. The van der Waals surface area contributed by atoms with Crippen molar-refractivity contribution in [2.24, 2.45) is 4.99 Å². The summed E-state index contributed by atoms with van der Waals surface area (Å²) in [4.78, 5) is 6.65. The number of guanidine groups is 1. The summed E-state index contributed by atoms with van der Waals surface area (Å²) in [6, 6.07) is 14.4. The van der Waals surface area contributed by atoms with E-state index in [-0.39, 0.29) is 12.2 Å². The van der Waals surface area contributed by atoms with Crippen LogP contribution in [0.3, 0.4) is 0 Å². The number of hydrogen-bond donors (Lipinski definition) is 1. The van der Waals surface area contributed by atoms with Crippen molar-refractivity contribution in [1.82, 2.24) is 10.2 Å². The normalized spacial score (nSPS) is 17.3. The fourth-order valence-corrected chi connectivity index (χ4v) is 4.27. The summed E-state index contributed by atoms with van der Waals surface area (Å²) in [7, 11) is 5.56. The van der Waals surface area contributed by atoms with Gasteiger partial charge in [0.05, 0.1) is 7.11 Å². The van der Waals surface area contributed by atoms with Gasteiger partial charge < -0.3 is 29.2 Å². The predicted octanol–water partition coefficient (Wildman–Crippen LogP) is 3.18. The fraction of sp³-hybridized carbons (Fsp3) is 0.458. The van der Waals surface area contributed by atoms with Crippen LogP contribution in [0.2, 0.25) is 0 Å². The minimum Gasteiger partial charge on any atom is -0.497 e. The second-order valence-corrected chi connectivity index (χ2v) is 8.07. The molecule has 0 atom stereocenters. The molecule has 2 aromatic carbocycles. The largest absolute Gasteiger partial charge is 0.497 e. The highest BCUT2D eigenvalue weighted by molar-refractivity contribution is 5.79. The molecule has 1 N–H and O–H groups in total. The zero-order valence-electron chi connectivity index (χ0n) is 18.5. The third kappa shape index (κ3) is 4.71. The van der Waals surface area contributed by atoms with Crippen LogP contribution in [-0.2, 0) is 16.7 Å². The first-order chi connectivity index (χ1) is 15.1. The van der Waals surface area contributed by atoms with Gasteiger partial charge in [0.15, 0.2) is 17.5 Å². The van der Waals surface area contributed by atoms with E-state index in [2.05, 4.69) is 46.5 Å². The van der Waals surface area contributed by atoms with Crippen molar-refractivity contribution in [3.05, 3.63) is 53.6 Å². The van der Waals surface area contributed by atoms with Gasteiger partial charge in [0.2, 0.25) is 6.79 Å². The zero-order chi connectivity index (χ0) is 21.7. The highest BCUT2D eigenvalue weighted by Gasteiger charge is 2.36. The van der Waals surface area contributed by atoms with Gasteiger partial charge in [0, 0.05) is 45.8 Å². The number of rotatable bonds is 6. The van der Waals surface area contributed by atoms with Crippen molar-refractivity contribution >= 4 is 5.96 Å². The minimum atomic E-state index is -0.0455. The van der Waals surface area contributed by atoms with Crippen molar-refractivity contribution in [3.63, 3.8) is 0 Å². The van der Waals surface area contributed by atoms with Crippen molar-refractivity contribution in [1.29, 1.82) is 0 Å². The van der Waals surface area contributed by atoms with Gasteiger partial charge in [-0.25, -0.2) is 0 Å². The molecule has 0 unspecified atom stereocenters. The average molecular weight is 426 g/mol. The molecule has 0 spiro atoms. The van der Waals surface area contributed by atoms with E-state index in [0.717, 1.165) is 62.4 Å². The number of nitrogens with one attached hydrogen (secondary N) is 1. The molecule has 0 aliphatic carbocycles. The molecule has 0 amide bonds. The predicted molar refractivity (Wildman–Crippen MR) is 120 cm³/mol. The van der Waals surface area contributed by atoms with Gasteiger partial charge in [-0.15, -0.1) is 0 Å². The number of hydrogen-bond acceptors (Lipinski definition) is 5. The Hall–Kier alpha value is -2.93. The van der Waals surface area contributed by atoms with Gasteiger partial charge in [0.1, 0.15) is 5.75 Å². The maximum Gasteiger partial charge on any atom is 0.231 e. The van der Waals surface area contributed by atoms with Crippen molar-refractivity contribution in [2.75, 3.05) is 47.8 Å². The van der Waals surface area contributed by atoms with E-state index in [0.29, 0.717) is 0 Å². The number of ether oxygens (including phenoxy) is 4. The van der Waals surface area contributed by atoms with Crippen molar-refractivity contribution < 1.29 is 18.9 Å². The van der Waals surface area contributed by atoms with Gasteiger partial charge in [-0.3, -0.25) is 4.99 Å². The van der Waals surface area contributed by atoms with Crippen LogP contribution in [-0.4, -0.2) is 58.6 Å². The molecule has 7 nitrogen and oxygen atoms in total. The van der Waals surface area contributed by atoms with Gasteiger partial charge in [0.25, 0.3) is 0 Å². The Kier molecular flexibility index (Phi) is 6.51. The Balaban J connectivity index is 1.46. The van der Waals surface area contributed by atoms with Crippen LogP contribution < -0.4 is 19.5 Å². The Labute approximate surface area is 184 Å². The van der Waals surface area contributed by atoms with Crippen LogP contribution in [0.15, 0.2) is 47.5 Å². The Morgan fingerprint density at radius 2 is 1.84 bits per heavy atom. The van der Waals surface area contributed by atoms with E-state index < -0.39 is 0 Å². The van der Waals surface area contributed by atoms with E-state index in [1.54, 1.807) is 7.11 Å². The summed E-state index contributed by atoms with van der Waals surface area (Å²) in [5.74, 6) is 3.36. The Morgan fingerprint density at radius 3 is 2.55 bits per heavy atom. The van der Waals surface area contributed by atoms with E-state index in [4.69, 9.17) is 18.9 Å². The van der Waals surface area contributed by atoms with Crippen molar-refractivity contribution in [3.8, 4) is 17.2 Å². The number of benzene rings is 2. The Bertz CT molecular complexity index is 908. The van der Waals surface area contributed by atoms with Crippen LogP contribution in [0.4, 0.5) is 0 Å². The maximum absolute atomic E-state index is 5.68. The molecule has 4 rings (SSSR count). The van der Waals surface area contributed by atoms with Crippen LogP contribution in [0.25, 0.3) is 0 Å². The molecule has 1 saturated heterocycles. The smallest absolute Gasteiger partial charge is 0.231 e. The van der Waals surface area contributed by atoms with E-state index in [1.165, 1.54) is 11.1 Å². The average Bonchev–Trinajstić information content (AvgIpc) is 3.28. The summed E-state index contributed by atoms with van der Waals surface area (Å²) >= 11 is 0. The van der Waals surface area contributed by atoms with Gasteiger partial charge in [-0.2, -0.15) is 0 Å². The summed E-state index contributed by atoms with van der Waals surface area (Å²) in [5, 5.41) is 3.61. The molecule has 166 valence electrons. The molecular weight excluding hydrogens is 394 g/mol. The SMILES string of the molecule is CN=C(NCC1(c2ccc3c(c2)OCO3)CCOCC1)N(C)Cc1ccc(OC)cc1. The fourth-order valence-electron chi connectivity index (χ4n) is 4.27. The number of nitrogens with zero attached hydrogens (tertiary/aromatic N) is 2. The van der Waals surface area contributed by atoms with Gasteiger partial charge >= 0.3 is 0 Å². The second kappa shape index (κ2) is 9.47. The zero-order valence-corrected chi connectivity index (χ0v) is 18.5. The summed E-state index contributed by atoms with van der Waals surface area (Å²) in [6.45, 7) is 3.31. The molecule has 0 saturated carbocycles. The molecule has 31 heavy (non-hydrogen) atoms. The first-order valence-corrected chi connectivity index (χ1v) is 10.7. The van der Waals surface area contributed by atoms with E-state index in [9.17, 15) is 0 Å². The molecule has 7 heteroatoms.